The normalized spacial score (nSPS) is 23.1. The maximum atomic E-state index is 12.9. The van der Waals surface area contributed by atoms with Crippen molar-refractivity contribution < 1.29 is 4.79 Å². The van der Waals surface area contributed by atoms with Crippen LogP contribution in [0.25, 0.3) is 0 Å². The fourth-order valence-corrected chi connectivity index (χ4v) is 4.17. The molecule has 2 aliphatic rings. The van der Waals surface area contributed by atoms with Crippen molar-refractivity contribution in [3.63, 3.8) is 0 Å². The summed E-state index contributed by atoms with van der Waals surface area (Å²) in [5, 5.41) is 1.19. The lowest BCUT2D eigenvalue weighted by Crippen LogP contribution is -2.44. The SMILES string of the molecule is O=C(C1CCCN(Cc2ccc(Cl)c(Cl)c2)C1)N1CCCCCC1. The Balaban J connectivity index is 1.59. The number of likely N-dealkylation sites (tertiary alicyclic amines) is 2. The molecule has 0 radical (unpaired) electrons. The molecule has 1 aromatic rings. The van der Waals surface area contributed by atoms with Gasteiger partial charge < -0.3 is 4.90 Å². The van der Waals surface area contributed by atoms with Gasteiger partial charge >= 0.3 is 0 Å². The standard InChI is InChI=1S/C19H26Cl2N2O/c20-17-8-7-15(12-18(17)21)13-22-9-5-6-16(14-22)19(24)23-10-3-1-2-4-11-23/h7-8,12,16H,1-6,9-11,13-14H2. The van der Waals surface area contributed by atoms with E-state index in [0.29, 0.717) is 16.0 Å². The summed E-state index contributed by atoms with van der Waals surface area (Å²) >= 11 is 12.1. The van der Waals surface area contributed by atoms with E-state index in [1.54, 1.807) is 0 Å². The molecule has 1 atom stereocenters. The molecule has 2 aliphatic heterocycles. The van der Waals surface area contributed by atoms with E-state index >= 15 is 0 Å². The molecule has 1 unspecified atom stereocenters. The van der Waals surface area contributed by atoms with E-state index in [4.69, 9.17) is 23.2 Å². The molecule has 1 aromatic carbocycles. The van der Waals surface area contributed by atoms with Gasteiger partial charge in [0.1, 0.15) is 0 Å². The monoisotopic (exact) mass is 368 g/mol. The summed E-state index contributed by atoms with van der Waals surface area (Å²) < 4.78 is 0. The lowest BCUT2D eigenvalue weighted by molar-refractivity contribution is -0.137. The molecule has 0 spiro atoms. The van der Waals surface area contributed by atoms with Gasteiger partial charge in [-0.3, -0.25) is 9.69 Å². The van der Waals surface area contributed by atoms with E-state index in [2.05, 4.69) is 9.80 Å². The van der Waals surface area contributed by atoms with Crippen molar-refractivity contribution in [1.29, 1.82) is 0 Å². The third-order valence-electron chi connectivity index (χ3n) is 5.16. The van der Waals surface area contributed by atoms with Gasteiger partial charge in [-0.2, -0.15) is 0 Å². The first-order chi connectivity index (χ1) is 11.6. The molecule has 132 valence electrons. The number of benzene rings is 1. The summed E-state index contributed by atoms with van der Waals surface area (Å²) in [7, 11) is 0. The summed E-state index contributed by atoms with van der Waals surface area (Å²) in [5.74, 6) is 0.523. The number of carbonyl (C=O) groups excluding carboxylic acids is 1. The van der Waals surface area contributed by atoms with Crippen molar-refractivity contribution in [3.8, 4) is 0 Å². The van der Waals surface area contributed by atoms with Crippen LogP contribution < -0.4 is 0 Å². The van der Waals surface area contributed by atoms with Crippen LogP contribution in [0, 0.1) is 5.92 Å². The Morgan fingerprint density at radius 1 is 1.00 bits per heavy atom. The average Bonchev–Trinajstić information content (AvgIpc) is 2.87. The van der Waals surface area contributed by atoms with Crippen molar-refractivity contribution in [1.82, 2.24) is 9.80 Å². The lowest BCUT2D eigenvalue weighted by Gasteiger charge is -2.34. The summed E-state index contributed by atoms with van der Waals surface area (Å²) in [4.78, 5) is 17.4. The van der Waals surface area contributed by atoms with Gasteiger partial charge in [0, 0.05) is 26.2 Å². The molecule has 0 saturated carbocycles. The fraction of sp³-hybridized carbons (Fsp3) is 0.632. The molecule has 1 amide bonds. The Morgan fingerprint density at radius 2 is 1.75 bits per heavy atom. The van der Waals surface area contributed by atoms with Gasteiger partial charge in [-0.15, -0.1) is 0 Å². The molecule has 3 nitrogen and oxygen atoms in total. The maximum Gasteiger partial charge on any atom is 0.226 e. The molecule has 3 rings (SSSR count). The van der Waals surface area contributed by atoms with Gasteiger partial charge in [0.2, 0.25) is 5.91 Å². The van der Waals surface area contributed by atoms with Crippen LogP contribution >= 0.6 is 23.2 Å². The first-order valence-electron chi connectivity index (χ1n) is 9.08. The first-order valence-corrected chi connectivity index (χ1v) is 9.84. The highest BCUT2D eigenvalue weighted by molar-refractivity contribution is 6.42. The molecular weight excluding hydrogens is 343 g/mol. The molecule has 5 heteroatoms. The second-order valence-electron chi connectivity index (χ2n) is 7.06. The van der Waals surface area contributed by atoms with Crippen LogP contribution in [0.4, 0.5) is 0 Å². The minimum absolute atomic E-state index is 0.152. The number of amides is 1. The number of carbonyl (C=O) groups is 1. The number of rotatable bonds is 3. The van der Waals surface area contributed by atoms with Gasteiger partial charge in [-0.05, 0) is 49.9 Å². The Kier molecular flexibility index (Phi) is 6.43. The number of hydrogen-bond acceptors (Lipinski definition) is 2. The predicted molar refractivity (Wildman–Crippen MR) is 99.5 cm³/mol. The molecular formula is C19H26Cl2N2O. The van der Waals surface area contributed by atoms with E-state index < -0.39 is 0 Å². The summed E-state index contributed by atoms with van der Waals surface area (Å²) in [5.41, 5.74) is 1.16. The molecule has 2 heterocycles. The van der Waals surface area contributed by atoms with Crippen LogP contribution in [0.15, 0.2) is 18.2 Å². The summed E-state index contributed by atoms with van der Waals surface area (Å²) in [6, 6.07) is 5.81. The van der Waals surface area contributed by atoms with Crippen molar-refractivity contribution in [2.45, 2.75) is 45.1 Å². The van der Waals surface area contributed by atoms with E-state index in [1.807, 2.05) is 18.2 Å². The predicted octanol–water partition coefficient (Wildman–Crippen LogP) is 4.61. The molecule has 0 aromatic heterocycles. The Hall–Kier alpha value is -0.770. The highest BCUT2D eigenvalue weighted by Crippen LogP contribution is 2.26. The van der Waals surface area contributed by atoms with E-state index in [9.17, 15) is 4.79 Å². The van der Waals surface area contributed by atoms with E-state index in [0.717, 1.165) is 64.0 Å². The third-order valence-corrected chi connectivity index (χ3v) is 5.90. The van der Waals surface area contributed by atoms with Gasteiger partial charge in [0.15, 0.2) is 0 Å². The zero-order valence-electron chi connectivity index (χ0n) is 14.1. The Bertz CT molecular complexity index is 570. The second kappa shape index (κ2) is 8.55. The van der Waals surface area contributed by atoms with Gasteiger partial charge in [-0.25, -0.2) is 0 Å². The number of piperidine rings is 1. The molecule has 2 saturated heterocycles. The number of nitrogens with zero attached hydrogens (tertiary/aromatic N) is 2. The van der Waals surface area contributed by atoms with Gasteiger partial charge in [0.25, 0.3) is 0 Å². The van der Waals surface area contributed by atoms with Crippen LogP contribution in [0.5, 0.6) is 0 Å². The molecule has 24 heavy (non-hydrogen) atoms. The van der Waals surface area contributed by atoms with Crippen molar-refractivity contribution in [2.75, 3.05) is 26.2 Å². The maximum absolute atomic E-state index is 12.9. The van der Waals surface area contributed by atoms with Crippen LogP contribution in [0.3, 0.4) is 0 Å². The lowest BCUT2D eigenvalue weighted by atomic mass is 9.96. The highest BCUT2D eigenvalue weighted by Gasteiger charge is 2.29. The Morgan fingerprint density at radius 3 is 2.46 bits per heavy atom. The quantitative estimate of drug-likeness (QED) is 0.777. The topological polar surface area (TPSA) is 23.6 Å². The average molecular weight is 369 g/mol. The Labute approximate surface area is 154 Å². The first kappa shape index (κ1) is 18.0. The smallest absolute Gasteiger partial charge is 0.226 e. The van der Waals surface area contributed by atoms with Crippen LogP contribution in [0.1, 0.15) is 44.1 Å². The van der Waals surface area contributed by atoms with E-state index in [-0.39, 0.29) is 5.92 Å². The zero-order valence-corrected chi connectivity index (χ0v) is 15.7. The van der Waals surface area contributed by atoms with Crippen molar-refractivity contribution in [3.05, 3.63) is 33.8 Å². The van der Waals surface area contributed by atoms with Crippen LogP contribution in [-0.2, 0) is 11.3 Å². The number of halogens is 2. The van der Waals surface area contributed by atoms with Crippen LogP contribution in [-0.4, -0.2) is 41.9 Å². The minimum Gasteiger partial charge on any atom is -0.342 e. The largest absolute Gasteiger partial charge is 0.342 e. The fourth-order valence-electron chi connectivity index (χ4n) is 3.85. The van der Waals surface area contributed by atoms with E-state index in [1.165, 1.54) is 12.8 Å². The number of hydrogen-bond donors (Lipinski definition) is 0. The molecule has 0 bridgehead atoms. The molecule has 0 N–H and O–H groups in total. The second-order valence-corrected chi connectivity index (χ2v) is 7.88. The summed E-state index contributed by atoms with van der Waals surface area (Å²) in [6.45, 7) is 4.63. The third kappa shape index (κ3) is 4.65. The molecule has 2 fully saturated rings. The minimum atomic E-state index is 0.152. The highest BCUT2D eigenvalue weighted by atomic mass is 35.5. The zero-order chi connectivity index (χ0) is 16.9. The van der Waals surface area contributed by atoms with Crippen molar-refractivity contribution >= 4 is 29.1 Å². The van der Waals surface area contributed by atoms with Crippen LogP contribution in [0.2, 0.25) is 10.0 Å². The van der Waals surface area contributed by atoms with Gasteiger partial charge in [0.05, 0.1) is 16.0 Å². The molecule has 0 aliphatic carbocycles. The van der Waals surface area contributed by atoms with Crippen molar-refractivity contribution in [2.24, 2.45) is 5.92 Å². The van der Waals surface area contributed by atoms with Gasteiger partial charge in [-0.1, -0.05) is 42.1 Å². The summed E-state index contributed by atoms with van der Waals surface area (Å²) in [6.07, 6.45) is 6.95.